The van der Waals surface area contributed by atoms with Gasteiger partial charge >= 0.3 is 5.69 Å². The summed E-state index contributed by atoms with van der Waals surface area (Å²) in [6.45, 7) is 3.40. The Morgan fingerprint density at radius 2 is 2.05 bits per heavy atom. The molecule has 0 spiro atoms. The van der Waals surface area contributed by atoms with E-state index >= 15 is 0 Å². The van der Waals surface area contributed by atoms with Crippen LogP contribution in [0, 0.1) is 22.0 Å². The van der Waals surface area contributed by atoms with Crippen molar-refractivity contribution in [1.82, 2.24) is 10.2 Å². The van der Waals surface area contributed by atoms with Gasteiger partial charge in [0.1, 0.15) is 0 Å². The van der Waals surface area contributed by atoms with Gasteiger partial charge < -0.3 is 15.0 Å². The molecule has 3 rings (SSSR count). The average molecular weight is 291 g/mol. The van der Waals surface area contributed by atoms with E-state index < -0.39 is 4.92 Å². The van der Waals surface area contributed by atoms with E-state index in [1.54, 1.807) is 0 Å². The molecule has 1 aromatic carbocycles. The fraction of sp³-hybridized carbons (Fsp3) is 0.500. The Bertz CT molecular complexity index is 578. The largest absolute Gasteiger partial charge is 0.490 e. The van der Waals surface area contributed by atoms with Crippen LogP contribution in [0.2, 0.25) is 0 Å². The molecule has 2 heterocycles. The highest BCUT2D eigenvalue weighted by Crippen LogP contribution is 2.31. The fourth-order valence-electron chi connectivity index (χ4n) is 3.17. The van der Waals surface area contributed by atoms with Gasteiger partial charge in [0.2, 0.25) is 0 Å². The van der Waals surface area contributed by atoms with Gasteiger partial charge in [0, 0.05) is 43.9 Å². The minimum atomic E-state index is -0.515. The highest BCUT2D eigenvalue weighted by Gasteiger charge is 2.38. The minimum Gasteiger partial charge on any atom is -0.490 e. The molecule has 112 valence electrons. The van der Waals surface area contributed by atoms with Gasteiger partial charge in [-0.3, -0.25) is 14.9 Å². The van der Waals surface area contributed by atoms with Gasteiger partial charge in [-0.15, -0.1) is 0 Å². The molecule has 0 saturated carbocycles. The second kappa shape index (κ2) is 5.33. The molecule has 0 aliphatic carbocycles. The Hall–Kier alpha value is -2.15. The Morgan fingerprint density at radius 1 is 1.38 bits per heavy atom. The molecule has 1 amide bonds. The van der Waals surface area contributed by atoms with Gasteiger partial charge in [0.15, 0.2) is 5.75 Å². The number of amides is 1. The Kier molecular flexibility index (Phi) is 3.50. The zero-order valence-corrected chi connectivity index (χ0v) is 11.7. The zero-order chi connectivity index (χ0) is 15.0. The highest BCUT2D eigenvalue weighted by atomic mass is 16.6. The third-order valence-corrected chi connectivity index (χ3v) is 4.30. The van der Waals surface area contributed by atoms with Crippen molar-refractivity contribution in [2.24, 2.45) is 11.8 Å². The lowest BCUT2D eigenvalue weighted by molar-refractivity contribution is -0.385. The highest BCUT2D eigenvalue weighted by molar-refractivity contribution is 5.95. The first-order chi connectivity index (χ1) is 10.1. The van der Waals surface area contributed by atoms with E-state index in [0.29, 0.717) is 17.4 Å². The summed E-state index contributed by atoms with van der Waals surface area (Å²) in [6, 6.07) is 4.27. The summed E-state index contributed by atoms with van der Waals surface area (Å²) in [7, 11) is 1.36. The van der Waals surface area contributed by atoms with E-state index in [2.05, 4.69) is 5.32 Å². The number of carbonyl (C=O) groups excluding carboxylic acids is 1. The molecule has 7 heteroatoms. The maximum absolute atomic E-state index is 12.5. The second-order valence-electron chi connectivity index (χ2n) is 5.53. The summed E-state index contributed by atoms with van der Waals surface area (Å²) >= 11 is 0. The van der Waals surface area contributed by atoms with E-state index in [0.717, 1.165) is 26.2 Å². The third-order valence-electron chi connectivity index (χ3n) is 4.30. The van der Waals surface area contributed by atoms with E-state index in [4.69, 9.17) is 4.74 Å². The first-order valence-corrected chi connectivity index (χ1v) is 6.92. The molecule has 2 aliphatic heterocycles. The molecular weight excluding hydrogens is 274 g/mol. The van der Waals surface area contributed by atoms with Crippen molar-refractivity contribution in [1.29, 1.82) is 0 Å². The van der Waals surface area contributed by atoms with E-state index in [1.165, 1.54) is 25.3 Å². The normalized spacial score (nSPS) is 24.0. The number of ether oxygens (including phenoxy) is 1. The Labute approximate surface area is 122 Å². The number of benzene rings is 1. The molecule has 0 bridgehead atoms. The average Bonchev–Trinajstić information content (AvgIpc) is 3.06. The van der Waals surface area contributed by atoms with Gasteiger partial charge in [-0.1, -0.05) is 0 Å². The van der Waals surface area contributed by atoms with Gasteiger partial charge in [-0.2, -0.15) is 0 Å². The van der Waals surface area contributed by atoms with Crippen LogP contribution >= 0.6 is 0 Å². The monoisotopic (exact) mass is 291 g/mol. The number of hydrogen-bond acceptors (Lipinski definition) is 5. The maximum atomic E-state index is 12.5. The van der Waals surface area contributed by atoms with Crippen LogP contribution in [-0.4, -0.2) is 49.0 Å². The lowest BCUT2D eigenvalue weighted by atomic mass is 10.0. The lowest BCUT2D eigenvalue weighted by Crippen LogP contribution is -2.31. The van der Waals surface area contributed by atoms with E-state index in [9.17, 15) is 14.9 Å². The van der Waals surface area contributed by atoms with Crippen LogP contribution in [0.5, 0.6) is 5.75 Å². The number of nitrogens with one attached hydrogen (secondary N) is 1. The predicted molar refractivity (Wildman–Crippen MR) is 75.4 cm³/mol. The molecule has 0 unspecified atom stereocenters. The molecular formula is C14H17N3O4. The van der Waals surface area contributed by atoms with Crippen LogP contribution in [-0.2, 0) is 0 Å². The number of methoxy groups -OCH3 is 1. The molecule has 21 heavy (non-hydrogen) atoms. The van der Waals surface area contributed by atoms with Crippen LogP contribution in [0.1, 0.15) is 10.4 Å². The molecule has 1 aromatic rings. The summed E-state index contributed by atoms with van der Waals surface area (Å²) in [5.41, 5.74) is 0.307. The number of nitrogens with zero attached hydrogens (tertiary/aromatic N) is 2. The number of nitro benzene ring substituents is 1. The van der Waals surface area contributed by atoms with E-state index in [-0.39, 0.29) is 17.3 Å². The van der Waals surface area contributed by atoms with Crippen molar-refractivity contribution >= 4 is 11.6 Å². The number of likely N-dealkylation sites (tertiary alicyclic amines) is 1. The Morgan fingerprint density at radius 3 is 2.62 bits per heavy atom. The second-order valence-corrected chi connectivity index (χ2v) is 5.53. The predicted octanol–water partition coefficient (Wildman–Crippen LogP) is 0.895. The van der Waals surface area contributed by atoms with Gasteiger partial charge in [-0.25, -0.2) is 0 Å². The summed E-state index contributed by atoms with van der Waals surface area (Å²) in [6.07, 6.45) is 0. The van der Waals surface area contributed by atoms with Crippen LogP contribution < -0.4 is 10.1 Å². The van der Waals surface area contributed by atoms with Crippen molar-refractivity contribution in [3.63, 3.8) is 0 Å². The first kappa shape index (κ1) is 13.8. The molecule has 2 fully saturated rings. The summed E-state index contributed by atoms with van der Waals surface area (Å²) in [5, 5.41) is 14.2. The molecule has 7 nitrogen and oxygen atoms in total. The maximum Gasteiger partial charge on any atom is 0.310 e. The minimum absolute atomic E-state index is 0.0856. The smallest absolute Gasteiger partial charge is 0.310 e. The topological polar surface area (TPSA) is 84.7 Å². The number of hydrogen-bond donors (Lipinski definition) is 1. The van der Waals surface area contributed by atoms with Crippen molar-refractivity contribution in [2.45, 2.75) is 0 Å². The fourth-order valence-corrected chi connectivity index (χ4v) is 3.17. The summed E-state index contributed by atoms with van der Waals surface area (Å²) in [5.74, 6) is 1.08. The molecule has 0 aromatic heterocycles. The van der Waals surface area contributed by atoms with Gasteiger partial charge in [0.05, 0.1) is 12.0 Å². The first-order valence-electron chi connectivity index (χ1n) is 6.92. The quantitative estimate of drug-likeness (QED) is 0.660. The van der Waals surface area contributed by atoms with Crippen molar-refractivity contribution in [3.05, 3.63) is 33.9 Å². The van der Waals surface area contributed by atoms with Crippen LogP contribution in [0.3, 0.4) is 0 Å². The summed E-state index contributed by atoms with van der Waals surface area (Å²) in [4.78, 5) is 24.7. The lowest BCUT2D eigenvalue weighted by Gasteiger charge is -2.17. The molecule has 2 aliphatic rings. The molecule has 2 atom stereocenters. The van der Waals surface area contributed by atoms with Crippen molar-refractivity contribution in [2.75, 3.05) is 33.3 Å². The summed E-state index contributed by atoms with van der Waals surface area (Å²) < 4.78 is 5.01. The third kappa shape index (κ3) is 2.44. The van der Waals surface area contributed by atoms with Crippen LogP contribution in [0.15, 0.2) is 18.2 Å². The van der Waals surface area contributed by atoms with Crippen molar-refractivity contribution < 1.29 is 14.5 Å². The Balaban J connectivity index is 1.80. The number of fused-ring (bicyclic) bond motifs is 1. The molecule has 0 radical (unpaired) electrons. The number of carbonyl (C=O) groups is 1. The number of nitro groups is 1. The van der Waals surface area contributed by atoms with Crippen molar-refractivity contribution in [3.8, 4) is 5.75 Å². The molecule has 2 saturated heterocycles. The van der Waals surface area contributed by atoms with Gasteiger partial charge in [-0.05, 0) is 17.9 Å². The van der Waals surface area contributed by atoms with Crippen LogP contribution in [0.4, 0.5) is 5.69 Å². The number of rotatable bonds is 3. The van der Waals surface area contributed by atoms with Gasteiger partial charge in [0.25, 0.3) is 5.91 Å². The standard InChI is InChI=1S/C14H17N3O4/c1-21-13-4-9(2-3-12(13)17(19)20)14(18)16-7-10-5-15-6-11(10)8-16/h2-4,10-11,15H,5-8H2,1H3/t10-,11+. The SMILES string of the molecule is COc1cc(C(=O)N2C[C@H]3CNC[C@H]3C2)ccc1[N+](=O)[O-]. The zero-order valence-electron chi connectivity index (χ0n) is 11.7. The van der Waals surface area contributed by atoms with Crippen LogP contribution in [0.25, 0.3) is 0 Å². The van der Waals surface area contributed by atoms with E-state index in [1.807, 2.05) is 4.90 Å². The molecule has 1 N–H and O–H groups in total.